The molecule has 2 atom stereocenters. The van der Waals surface area contributed by atoms with Crippen LogP contribution in [-0.4, -0.2) is 25.5 Å². The highest BCUT2D eigenvalue weighted by Crippen LogP contribution is 2.32. The van der Waals surface area contributed by atoms with E-state index < -0.39 is 0 Å². The second kappa shape index (κ2) is 8.78. The molecule has 28 heavy (non-hydrogen) atoms. The fourth-order valence-electron chi connectivity index (χ4n) is 3.50. The monoisotopic (exact) mass is 444 g/mol. The lowest BCUT2D eigenvalue weighted by Crippen LogP contribution is -2.37. The first-order valence-electron chi connectivity index (χ1n) is 9.40. The number of anilines is 1. The molecule has 5 nitrogen and oxygen atoms in total. The summed E-state index contributed by atoms with van der Waals surface area (Å²) in [5.41, 5.74) is 1.83. The number of hydrogen-bond donors (Lipinski definition) is 1. The highest BCUT2D eigenvalue weighted by molar-refractivity contribution is 9.10. The molecule has 0 bridgehead atoms. The molecule has 6 heteroatoms. The van der Waals surface area contributed by atoms with Crippen molar-refractivity contribution >= 4 is 33.4 Å². The lowest BCUT2D eigenvalue weighted by atomic mass is 9.95. The lowest BCUT2D eigenvalue weighted by Gasteiger charge is -2.25. The normalized spacial score (nSPS) is 17.7. The van der Waals surface area contributed by atoms with Crippen molar-refractivity contribution in [3.05, 3.63) is 58.6 Å². The van der Waals surface area contributed by atoms with Crippen LogP contribution in [-0.2, 0) is 9.59 Å². The van der Waals surface area contributed by atoms with Crippen LogP contribution in [0.2, 0.25) is 0 Å². The van der Waals surface area contributed by atoms with Crippen molar-refractivity contribution in [3.8, 4) is 5.75 Å². The van der Waals surface area contributed by atoms with Gasteiger partial charge < -0.3 is 15.0 Å². The zero-order valence-corrected chi connectivity index (χ0v) is 17.9. The standard InChI is InChI=1S/C22H25BrN2O3/c1-14(2)21(15-8-10-17(28-3)11-9-15)24-22(27)16-12-20(26)25(13-16)19-7-5-4-6-18(19)23/h4-11,14,16,21H,12-13H2,1-3H3,(H,24,27). The van der Waals surface area contributed by atoms with Crippen LogP contribution in [0.3, 0.4) is 0 Å². The maximum absolute atomic E-state index is 12.9. The Bertz CT molecular complexity index is 851. The van der Waals surface area contributed by atoms with Gasteiger partial charge >= 0.3 is 0 Å². The Kier molecular flexibility index (Phi) is 6.39. The summed E-state index contributed by atoms with van der Waals surface area (Å²) in [4.78, 5) is 27.1. The smallest absolute Gasteiger partial charge is 0.227 e. The van der Waals surface area contributed by atoms with Gasteiger partial charge in [-0.3, -0.25) is 9.59 Å². The van der Waals surface area contributed by atoms with E-state index in [0.29, 0.717) is 6.54 Å². The Morgan fingerprint density at radius 1 is 1.18 bits per heavy atom. The number of methoxy groups -OCH3 is 1. The van der Waals surface area contributed by atoms with Gasteiger partial charge in [-0.05, 0) is 51.7 Å². The number of para-hydroxylation sites is 1. The van der Waals surface area contributed by atoms with Crippen molar-refractivity contribution < 1.29 is 14.3 Å². The summed E-state index contributed by atoms with van der Waals surface area (Å²) in [6.45, 7) is 4.53. The SMILES string of the molecule is COc1ccc(C(NC(=O)C2CC(=O)N(c3ccccc3Br)C2)C(C)C)cc1. The molecule has 1 aliphatic heterocycles. The van der Waals surface area contributed by atoms with Gasteiger partial charge in [0.15, 0.2) is 0 Å². The van der Waals surface area contributed by atoms with Crippen LogP contribution in [0.25, 0.3) is 0 Å². The van der Waals surface area contributed by atoms with Crippen LogP contribution >= 0.6 is 15.9 Å². The van der Waals surface area contributed by atoms with Crippen LogP contribution in [0.1, 0.15) is 31.9 Å². The molecule has 0 radical (unpaired) electrons. The number of halogens is 1. The van der Waals surface area contributed by atoms with Gasteiger partial charge in [0, 0.05) is 17.4 Å². The molecule has 2 amide bonds. The summed E-state index contributed by atoms with van der Waals surface area (Å²) in [5, 5.41) is 3.15. The molecule has 1 fully saturated rings. The zero-order valence-electron chi connectivity index (χ0n) is 16.3. The molecule has 0 aliphatic carbocycles. The topological polar surface area (TPSA) is 58.6 Å². The number of carbonyl (C=O) groups excluding carboxylic acids is 2. The molecule has 0 saturated carbocycles. The third-order valence-corrected chi connectivity index (χ3v) is 5.75. The van der Waals surface area contributed by atoms with E-state index in [1.165, 1.54) is 0 Å². The summed E-state index contributed by atoms with van der Waals surface area (Å²) in [7, 11) is 1.63. The van der Waals surface area contributed by atoms with Gasteiger partial charge in [-0.2, -0.15) is 0 Å². The zero-order chi connectivity index (χ0) is 20.3. The quantitative estimate of drug-likeness (QED) is 0.721. The maximum atomic E-state index is 12.9. The van der Waals surface area contributed by atoms with Crippen LogP contribution < -0.4 is 15.0 Å². The minimum atomic E-state index is -0.362. The van der Waals surface area contributed by atoms with Gasteiger partial charge in [0.2, 0.25) is 11.8 Å². The van der Waals surface area contributed by atoms with E-state index in [2.05, 4.69) is 35.1 Å². The van der Waals surface area contributed by atoms with Crippen LogP contribution in [0.15, 0.2) is 53.0 Å². The van der Waals surface area contributed by atoms with E-state index in [4.69, 9.17) is 4.74 Å². The third-order valence-electron chi connectivity index (χ3n) is 5.08. The first-order chi connectivity index (χ1) is 13.4. The molecule has 1 saturated heterocycles. The van der Waals surface area contributed by atoms with E-state index >= 15 is 0 Å². The summed E-state index contributed by atoms with van der Waals surface area (Å²) in [6, 6.07) is 15.2. The molecule has 1 heterocycles. The van der Waals surface area contributed by atoms with E-state index in [9.17, 15) is 9.59 Å². The molecular formula is C22H25BrN2O3. The van der Waals surface area contributed by atoms with Crippen LogP contribution in [0.4, 0.5) is 5.69 Å². The molecule has 2 aromatic carbocycles. The average Bonchev–Trinajstić information content (AvgIpc) is 3.08. The van der Waals surface area contributed by atoms with Crippen LogP contribution in [0.5, 0.6) is 5.75 Å². The molecule has 3 rings (SSSR count). The van der Waals surface area contributed by atoms with Crippen molar-refractivity contribution in [2.24, 2.45) is 11.8 Å². The van der Waals surface area contributed by atoms with Crippen molar-refractivity contribution in [1.82, 2.24) is 5.32 Å². The van der Waals surface area contributed by atoms with Crippen molar-refractivity contribution in [1.29, 1.82) is 0 Å². The molecule has 1 aliphatic rings. The van der Waals surface area contributed by atoms with Gasteiger partial charge in [0.05, 0.1) is 24.8 Å². The molecule has 2 unspecified atom stereocenters. The van der Waals surface area contributed by atoms with E-state index in [1.807, 2.05) is 48.5 Å². The minimum absolute atomic E-state index is 0.0300. The molecular weight excluding hydrogens is 420 g/mol. The Morgan fingerprint density at radius 3 is 2.46 bits per heavy atom. The summed E-state index contributed by atoms with van der Waals surface area (Å²) >= 11 is 3.49. The number of amides is 2. The van der Waals surface area contributed by atoms with E-state index in [-0.39, 0.29) is 36.1 Å². The van der Waals surface area contributed by atoms with Gasteiger partial charge in [-0.25, -0.2) is 0 Å². The number of ether oxygens (including phenoxy) is 1. The third kappa shape index (κ3) is 4.38. The molecule has 0 aromatic heterocycles. The van der Waals surface area contributed by atoms with Crippen LogP contribution in [0, 0.1) is 11.8 Å². The number of carbonyl (C=O) groups is 2. The fourth-order valence-corrected chi connectivity index (χ4v) is 4.00. The van der Waals surface area contributed by atoms with E-state index in [1.54, 1.807) is 12.0 Å². The largest absolute Gasteiger partial charge is 0.497 e. The van der Waals surface area contributed by atoms with Crippen molar-refractivity contribution in [3.63, 3.8) is 0 Å². The second-order valence-corrected chi connectivity index (χ2v) is 8.21. The second-order valence-electron chi connectivity index (χ2n) is 7.36. The Hall–Kier alpha value is -2.34. The van der Waals surface area contributed by atoms with Gasteiger partial charge in [0.25, 0.3) is 0 Å². The number of rotatable bonds is 6. The van der Waals surface area contributed by atoms with E-state index in [0.717, 1.165) is 21.5 Å². The molecule has 2 aromatic rings. The lowest BCUT2D eigenvalue weighted by molar-refractivity contribution is -0.127. The molecule has 148 valence electrons. The van der Waals surface area contributed by atoms with Crippen molar-refractivity contribution in [2.45, 2.75) is 26.3 Å². The minimum Gasteiger partial charge on any atom is -0.497 e. The number of nitrogens with one attached hydrogen (secondary N) is 1. The number of nitrogens with zero attached hydrogens (tertiary/aromatic N) is 1. The Labute approximate surface area is 174 Å². The number of hydrogen-bond acceptors (Lipinski definition) is 3. The molecule has 1 N–H and O–H groups in total. The Balaban J connectivity index is 1.72. The Morgan fingerprint density at radius 2 is 1.86 bits per heavy atom. The first-order valence-corrected chi connectivity index (χ1v) is 10.2. The van der Waals surface area contributed by atoms with Gasteiger partial charge in [-0.1, -0.05) is 38.1 Å². The fraction of sp³-hybridized carbons (Fsp3) is 0.364. The average molecular weight is 445 g/mol. The first kappa shape index (κ1) is 20.4. The highest BCUT2D eigenvalue weighted by Gasteiger charge is 2.36. The van der Waals surface area contributed by atoms with Crippen molar-refractivity contribution in [2.75, 3.05) is 18.6 Å². The summed E-state index contributed by atoms with van der Waals surface area (Å²) < 4.78 is 6.06. The predicted octanol–water partition coefficient (Wildman–Crippen LogP) is 4.32. The molecule has 0 spiro atoms. The highest BCUT2D eigenvalue weighted by atomic mass is 79.9. The summed E-state index contributed by atoms with van der Waals surface area (Å²) in [5.74, 6) is 0.519. The van der Waals surface area contributed by atoms with Gasteiger partial charge in [-0.15, -0.1) is 0 Å². The number of benzene rings is 2. The summed E-state index contributed by atoms with van der Waals surface area (Å²) in [6.07, 6.45) is 0.223. The predicted molar refractivity (Wildman–Crippen MR) is 113 cm³/mol. The van der Waals surface area contributed by atoms with Gasteiger partial charge in [0.1, 0.15) is 5.75 Å². The maximum Gasteiger partial charge on any atom is 0.227 e.